The van der Waals surface area contributed by atoms with Gasteiger partial charge in [0.15, 0.2) is 0 Å². The van der Waals surface area contributed by atoms with E-state index in [-0.39, 0.29) is 6.61 Å². The highest BCUT2D eigenvalue weighted by Gasteiger charge is 2.30. The SMILES string of the molecule is Cc1c(Cl)nc(C2CC2)nc1N1CCCC(CCO)C1. The van der Waals surface area contributed by atoms with Gasteiger partial charge in [-0.1, -0.05) is 11.6 Å². The third kappa shape index (κ3) is 2.91. The van der Waals surface area contributed by atoms with Gasteiger partial charge in [-0.05, 0) is 44.9 Å². The predicted molar refractivity (Wildman–Crippen MR) is 80.4 cm³/mol. The van der Waals surface area contributed by atoms with Gasteiger partial charge in [-0.2, -0.15) is 0 Å². The van der Waals surface area contributed by atoms with Crippen LogP contribution in [0.3, 0.4) is 0 Å². The van der Waals surface area contributed by atoms with E-state index >= 15 is 0 Å². The zero-order valence-corrected chi connectivity index (χ0v) is 12.7. The monoisotopic (exact) mass is 295 g/mol. The van der Waals surface area contributed by atoms with Crippen molar-refractivity contribution < 1.29 is 5.11 Å². The van der Waals surface area contributed by atoms with Crippen LogP contribution in [-0.2, 0) is 0 Å². The van der Waals surface area contributed by atoms with Gasteiger partial charge in [0.25, 0.3) is 0 Å². The van der Waals surface area contributed by atoms with E-state index in [9.17, 15) is 0 Å². The molecule has 5 heteroatoms. The average Bonchev–Trinajstić information content (AvgIpc) is 3.27. The fourth-order valence-electron chi connectivity index (χ4n) is 3.00. The van der Waals surface area contributed by atoms with Crippen LogP contribution < -0.4 is 4.90 Å². The molecule has 1 aliphatic carbocycles. The Balaban J connectivity index is 1.84. The van der Waals surface area contributed by atoms with Crippen LogP contribution in [0.15, 0.2) is 0 Å². The highest BCUT2D eigenvalue weighted by atomic mass is 35.5. The van der Waals surface area contributed by atoms with Gasteiger partial charge >= 0.3 is 0 Å². The van der Waals surface area contributed by atoms with Gasteiger partial charge in [0.1, 0.15) is 16.8 Å². The molecule has 1 aromatic heterocycles. The van der Waals surface area contributed by atoms with Crippen LogP contribution in [0.1, 0.15) is 49.4 Å². The first-order valence-electron chi connectivity index (χ1n) is 7.59. The van der Waals surface area contributed by atoms with Crippen molar-refractivity contribution in [3.05, 3.63) is 16.5 Å². The highest BCUT2D eigenvalue weighted by molar-refractivity contribution is 6.30. The number of halogens is 1. The molecule has 110 valence electrons. The zero-order chi connectivity index (χ0) is 14.1. The normalized spacial score (nSPS) is 23.1. The molecule has 2 fully saturated rings. The molecule has 4 nitrogen and oxygen atoms in total. The third-order valence-corrected chi connectivity index (χ3v) is 4.74. The molecule has 0 spiro atoms. The van der Waals surface area contributed by atoms with E-state index in [2.05, 4.69) is 9.88 Å². The van der Waals surface area contributed by atoms with Gasteiger partial charge in [0.2, 0.25) is 0 Å². The fourth-order valence-corrected chi connectivity index (χ4v) is 3.17. The summed E-state index contributed by atoms with van der Waals surface area (Å²) in [5.41, 5.74) is 0.987. The zero-order valence-electron chi connectivity index (χ0n) is 12.0. The summed E-state index contributed by atoms with van der Waals surface area (Å²) in [7, 11) is 0. The van der Waals surface area contributed by atoms with Crippen molar-refractivity contribution in [2.75, 3.05) is 24.6 Å². The smallest absolute Gasteiger partial charge is 0.137 e. The number of aromatic nitrogens is 2. The second-order valence-electron chi connectivity index (χ2n) is 6.06. The van der Waals surface area contributed by atoms with Crippen molar-refractivity contribution in [3.8, 4) is 0 Å². The Morgan fingerprint density at radius 2 is 2.10 bits per heavy atom. The summed E-state index contributed by atoms with van der Waals surface area (Å²) in [6, 6.07) is 0. The number of aliphatic hydroxyl groups is 1. The van der Waals surface area contributed by atoms with Gasteiger partial charge in [0, 0.05) is 31.2 Å². The van der Waals surface area contributed by atoms with Crippen LogP contribution in [0.2, 0.25) is 5.15 Å². The van der Waals surface area contributed by atoms with E-state index in [0.29, 0.717) is 17.0 Å². The molecule has 1 unspecified atom stereocenters. The van der Waals surface area contributed by atoms with E-state index in [1.54, 1.807) is 0 Å². The summed E-state index contributed by atoms with van der Waals surface area (Å²) in [5.74, 6) is 3.01. The van der Waals surface area contributed by atoms with Gasteiger partial charge in [-0.3, -0.25) is 0 Å². The van der Waals surface area contributed by atoms with E-state index in [1.165, 1.54) is 19.3 Å². The molecule has 0 radical (unpaired) electrons. The van der Waals surface area contributed by atoms with Gasteiger partial charge < -0.3 is 10.0 Å². The maximum atomic E-state index is 9.13. The topological polar surface area (TPSA) is 49.2 Å². The van der Waals surface area contributed by atoms with Crippen molar-refractivity contribution in [1.29, 1.82) is 0 Å². The predicted octanol–water partition coefficient (Wildman–Crippen LogP) is 2.91. The van der Waals surface area contributed by atoms with Crippen molar-refractivity contribution in [1.82, 2.24) is 9.97 Å². The maximum Gasteiger partial charge on any atom is 0.137 e. The van der Waals surface area contributed by atoms with Crippen LogP contribution in [0.25, 0.3) is 0 Å². The van der Waals surface area contributed by atoms with Gasteiger partial charge in [-0.15, -0.1) is 0 Å². The van der Waals surface area contributed by atoms with Crippen LogP contribution in [0, 0.1) is 12.8 Å². The van der Waals surface area contributed by atoms with Crippen LogP contribution >= 0.6 is 11.6 Å². The number of piperidine rings is 1. The minimum atomic E-state index is 0.273. The molecule has 1 N–H and O–H groups in total. The first kappa shape index (κ1) is 14.1. The Kier molecular flexibility index (Phi) is 4.13. The second-order valence-corrected chi connectivity index (χ2v) is 6.42. The molecule has 1 saturated heterocycles. The average molecular weight is 296 g/mol. The minimum absolute atomic E-state index is 0.273. The summed E-state index contributed by atoms with van der Waals surface area (Å²) >= 11 is 6.29. The highest BCUT2D eigenvalue weighted by Crippen LogP contribution is 2.40. The van der Waals surface area contributed by atoms with Crippen molar-refractivity contribution in [2.45, 2.75) is 44.9 Å². The molecular weight excluding hydrogens is 274 g/mol. The largest absolute Gasteiger partial charge is 0.396 e. The van der Waals surface area contributed by atoms with Crippen LogP contribution in [-0.4, -0.2) is 34.8 Å². The van der Waals surface area contributed by atoms with Crippen LogP contribution in [0.4, 0.5) is 5.82 Å². The second kappa shape index (κ2) is 5.86. The summed E-state index contributed by atoms with van der Waals surface area (Å²) in [4.78, 5) is 11.5. The minimum Gasteiger partial charge on any atom is -0.396 e. The first-order chi connectivity index (χ1) is 9.69. The van der Waals surface area contributed by atoms with Gasteiger partial charge in [0.05, 0.1) is 0 Å². The lowest BCUT2D eigenvalue weighted by atomic mass is 9.95. The number of hydrogen-bond donors (Lipinski definition) is 1. The molecular formula is C15H22ClN3O. The molecule has 0 aromatic carbocycles. The Bertz CT molecular complexity index is 488. The summed E-state index contributed by atoms with van der Waals surface area (Å²) in [6.07, 6.45) is 5.61. The summed E-state index contributed by atoms with van der Waals surface area (Å²) in [5, 5.41) is 9.73. The van der Waals surface area contributed by atoms with Crippen molar-refractivity contribution in [2.24, 2.45) is 5.92 Å². The lowest BCUT2D eigenvalue weighted by molar-refractivity contribution is 0.244. The number of aliphatic hydroxyl groups excluding tert-OH is 1. The Morgan fingerprint density at radius 1 is 1.30 bits per heavy atom. The molecule has 1 atom stereocenters. The Hall–Kier alpha value is -0.870. The Morgan fingerprint density at radius 3 is 2.80 bits per heavy atom. The van der Waals surface area contributed by atoms with Crippen LogP contribution in [0.5, 0.6) is 0 Å². The summed E-state index contributed by atoms with van der Waals surface area (Å²) < 4.78 is 0. The summed E-state index contributed by atoms with van der Waals surface area (Å²) in [6.45, 7) is 4.28. The lowest BCUT2D eigenvalue weighted by Crippen LogP contribution is -2.37. The number of hydrogen-bond acceptors (Lipinski definition) is 4. The molecule has 2 heterocycles. The van der Waals surface area contributed by atoms with E-state index in [1.807, 2.05) is 6.92 Å². The molecule has 20 heavy (non-hydrogen) atoms. The standard InChI is InChI=1S/C15H22ClN3O/c1-10-13(16)17-14(12-4-5-12)18-15(10)19-7-2-3-11(9-19)6-8-20/h11-12,20H,2-9H2,1H3. The molecule has 0 amide bonds. The number of nitrogens with zero attached hydrogens (tertiary/aromatic N) is 3. The van der Waals surface area contributed by atoms with E-state index in [0.717, 1.165) is 43.1 Å². The lowest BCUT2D eigenvalue weighted by Gasteiger charge is -2.34. The molecule has 1 aliphatic heterocycles. The maximum absolute atomic E-state index is 9.13. The molecule has 1 aromatic rings. The van der Waals surface area contributed by atoms with E-state index < -0.39 is 0 Å². The number of anilines is 1. The van der Waals surface area contributed by atoms with E-state index in [4.69, 9.17) is 21.7 Å². The molecule has 3 rings (SSSR count). The molecule has 0 bridgehead atoms. The quantitative estimate of drug-likeness (QED) is 0.868. The fraction of sp³-hybridized carbons (Fsp3) is 0.733. The molecule has 2 aliphatic rings. The van der Waals surface area contributed by atoms with Crippen molar-refractivity contribution in [3.63, 3.8) is 0 Å². The molecule has 1 saturated carbocycles. The third-order valence-electron chi connectivity index (χ3n) is 4.38. The van der Waals surface area contributed by atoms with Gasteiger partial charge in [-0.25, -0.2) is 9.97 Å². The number of rotatable bonds is 4. The first-order valence-corrected chi connectivity index (χ1v) is 7.96. The Labute approximate surface area is 125 Å². The van der Waals surface area contributed by atoms with Crippen molar-refractivity contribution >= 4 is 17.4 Å².